The molecule has 0 spiro atoms. The van der Waals surface area contributed by atoms with Crippen molar-refractivity contribution in [2.45, 2.75) is 32.8 Å². The highest BCUT2D eigenvalue weighted by Gasteiger charge is 1.96. The van der Waals surface area contributed by atoms with E-state index in [1.165, 1.54) is 11.8 Å². The fourth-order valence-electron chi connectivity index (χ4n) is 0.595. The molecular formula is C7H14O2S. The van der Waals surface area contributed by atoms with Crippen LogP contribution in [0.2, 0.25) is 0 Å². The number of hydrogen-bond acceptors (Lipinski definition) is 3. The number of carbonyl (C=O) groups excluding carboxylic acids is 1. The van der Waals surface area contributed by atoms with Crippen molar-refractivity contribution in [1.29, 1.82) is 0 Å². The SMILES string of the molecule is CC(=O)SCCCC(C)O. The standard InChI is InChI=1S/C7H14O2S/c1-6(8)4-3-5-10-7(2)9/h6,8H,3-5H2,1-2H3. The van der Waals surface area contributed by atoms with Crippen LogP contribution in [0.1, 0.15) is 26.7 Å². The van der Waals surface area contributed by atoms with E-state index in [1.807, 2.05) is 0 Å². The summed E-state index contributed by atoms with van der Waals surface area (Å²) in [5.41, 5.74) is 0. The zero-order valence-electron chi connectivity index (χ0n) is 6.46. The molecule has 60 valence electrons. The Morgan fingerprint density at radius 3 is 2.70 bits per heavy atom. The van der Waals surface area contributed by atoms with Gasteiger partial charge in [0, 0.05) is 12.7 Å². The lowest BCUT2D eigenvalue weighted by Gasteiger charge is -2.00. The van der Waals surface area contributed by atoms with Gasteiger partial charge < -0.3 is 5.11 Å². The van der Waals surface area contributed by atoms with Crippen LogP contribution in [-0.2, 0) is 4.79 Å². The highest BCUT2D eigenvalue weighted by atomic mass is 32.2. The van der Waals surface area contributed by atoms with E-state index in [1.54, 1.807) is 13.8 Å². The molecule has 10 heavy (non-hydrogen) atoms. The molecule has 3 heteroatoms. The number of aliphatic hydroxyl groups is 1. The average molecular weight is 162 g/mol. The van der Waals surface area contributed by atoms with Crippen LogP contribution < -0.4 is 0 Å². The first kappa shape index (κ1) is 9.98. The molecule has 1 N–H and O–H groups in total. The van der Waals surface area contributed by atoms with Gasteiger partial charge in [-0.15, -0.1) is 0 Å². The lowest BCUT2D eigenvalue weighted by atomic mass is 10.2. The van der Waals surface area contributed by atoms with E-state index in [2.05, 4.69) is 0 Å². The molecule has 0 rings (SSSR count). The molecule has 2 nitrogen and oxygen atoms in total. The van der Waals surface area contributed by atoms with E-state index in [0.717, 1.165) is 18.6 Å². The molecule has 0 aromatic heterocycles. The number of rotatable bonds is 4. The second kappa shape index (κ2) is 5.74. The van der Waals surface area contributed by atoms with Crippen LogP contribution in [0.25, 0.3) is 0 Å². The minimum Gasteiger partial charge on any atom is -0.393 e. The third-order valence-corrected chi connectivity index (χ3v) is 1.97. The van der Waals surface area contributed by atoms with Crippen molar-refractivity contribution in [2.75, 3.05) is 5.75 Å². The summed E-state index contributed by atoms with van der Waals surface area (Å²) >= 11 is 1.32. The molecule has 0 aliphatic heterocycles. The molecule has 0 bridgehead atoms. The summed E-state index contributed by atoms with van der Waals surface area (Å²) in [5.74, 6) is 0.834. The van der Waals surface area contributed by atoms with Gasteiger partial charge in [0.1, 0.15) is 0 Å². The van der Waals surface area contributed by atoms with Crippen LogP contribution >= 0.6 is 11.8 Å². The first-order chi connectivity index (χ1) is 4.63. The molecule has 0 saturated carbocycles. The minimum atomic E-state index is -0.229. The minimum absolute atomic E-state index is 0.158. The lowest BCUT2D eigenvalue weighted by Crippen LogP contribution is -1.99. The molecule has 0 aromatic carbocycles. The first-order valence-electron chi connectivity index (χ1n) is 3.44. The summed E-state index contributed by atoms with van der Waals surface area (Å²) in [4.78, 5) is 10.4. The number of carbonyl (C=O) groups is 1. The van der Waals surface area contributed by atoms with Gasteiger partial charge in [-0.3, -0.25) is 4.79 Å². The quantitative estimate of drug-likeness (QED) is 0.635. The van der Waals surface area contributed by atoms with Crippen LogP contribution in [-0.4, -0.2) is 22.1 Å². The van der Waals surface area contributed by atoms with Crippen LogP contribution in [0.15, 0.2) is 0 Å². The lowest BCUT2D eigenvalue weighted by molar-refractivity contribution is -0.109. The van der Waals surface area contributed by atoms with Gasteiger partial charge in [-0.1, -0.05) is 11.8 Å². The topological polar surface area (TPSA) is 37.3 Å². The predicted molar refractivity (Wildman–Crippen MR) is 44.1 cm³/mol. The fraction of sp³-hybridized carbons (Fsp3) is 0.857. The van der Waals surface area contributed by atoms with Crippen molar-refractivity contribution in [2.24, 2.45) is 0 Å². The Bertz CT molecular complexity index is 102. The molecule has 0 aromatic rings. The summed E-state index contributed by atoms with van der Waals surface area (Å²) in [6, 6.07) is 0. The van der Waals surface area contributed by atoms with E-state index in [4.69, 9.17) is 5.11 Å². The van der Waals surface area contributed by atoms with Gasteiger partial charge in [-0.2, -0.15) is 0 Å². The molecule has 1 unspecified atom stereocenters. The van der Waals surface area contributed by atoms with Gasteiger partial charge in [0.2, 0.25) is 0 Å². The van der Waals surface area contributed by atoms with Gasteiger partial charge in [0.05, 0.1) is 6.10 Å². The molecule has 1 atom stereocenters. The zero-order valence-corrected chi connectivity index (χ0v) is 7.28. The second-order valence-electron chi connectivity index (χ2n) is 2.33. The summed E-state index contributed by atoms with van der Waals surface area (Å²) in [6.45, 7) is 3.32. The van der Waals surface area contributed by atoms with Crippen LogP contribution in [0.4, 0.5) is 0 Å². The molecule has 0 amide bonds. The summed E-state index contributed by atoms with van der Waals surface area (Å²) in [7, 11) is 0. The molecule has 0 radical (unpaired) electrons. The normalized spacial score (nSPS) is 13.1. The van der Waals surface area contributed by atoms with Crippen molar-refractivity contribution in [1.82, 2.24) is 0 Å². The van der Waals surface area contributed by atoms with E-state index < -0.39 is 0 Å². The van der Waals surface area contributed by atoms with Gasteiger partial charge in [-0.05, 0) is 19.8 Å². The number of thioether (sulfide) groups is 1. The van der Waals surface area contributed by atoms with Crippen LogP contribution in [0.3, 0.4) is 0 Å². The van der Waals surface area contributed by atoms with Crippen molar-refractivity contribution >= 4 is 16.9 Å². The fourth-order valence-corrected chi connectivity index (χ4v) is 1.19. The summed E-state index contributed by atoms with van der Waals surface area (Å²) in [6.07, 6.45) is 1.48. The number of aliphatic hydroxyl groups excluding tert-OH is 1. The third kappa shape index (κ3) is 7.98. The summed E-state index contributed by atoms with van der Waals surface area (Å²) in [5, 5.41) is 8.98. The van der Waals surface area contributed by atoms with Gasteiger partial charge in [0.25, 0.3) is 0 Å². The smallest absolute Gasteiger partial charge is 0.185 e. The molecule has 0 fully saturated rings. The molecular weight excluding hydrogens is 148 g/mol. The Morgan fingerprint density at radius 2 is 2.30 bits per heavy atom. The Labute approximate surface area is 66.0 Å². The molecule has 0 aliphatic carbocycles. The van der Waals surface area contributed by atoms with Crippen LogP contribution in [0, 0.1) is 0 Å². The van der Waals surface area contributed by atoms with Crippen molar-refractivity contribution in [3.05, 3.63) is 0 Å². The first-order valence-corrected chi connectivity index (χ1v) is 4.43. The van der Waals surface area contributed by atoms with E-state index in [9.17, 15) is 4.79 Å². The highest BCUT2D eigenvalue weighted by molar-refractivity contribution is 8.13. The van der Waals surface area contributed by atoms with E-state index >= 15 is 0 Å². The Morgan fingerprint density at radius 1 is 1.70 bits per heavy atom. The van der Waals surface area contributed by atoms with Crippen LogP contribution in [0.5, 0.6) is 0 Å². The monoisotopic (exact) mass is 162 g/mol. The predicted octanol–water partition coefficient (Wildman–Crippen LogP) is 1.43. The maximum absolute atomic E-state index is 10.4. The Hall–Kier alpha value is -0.0200. The second-order valence-corrected chi connectivity index (χ2v) is 3.60. The van der Waals surface area contributed by atoms with E-state index in [0.29, 0.717) is 0 Å². The molecule has 0 aliphatic rings. The van der Waals surface area contributed by atoms with E-state index in [-0.39, 0.29) is 11.2 Å². The van der Waals surface area contributed by atoms with Crippen molar-refractivity contribution in [3.8, 4) is 0 Å². The van der Waals surface area contributed by atoms with Gasteiger partial charge in [-0.25, -0.2) is 0 Å². The third-order valence-electron chi connectivity index (χ3n) is 1.07. The Kier molecular flexibility index (Phi) is 5.73. The number of hydrogen-bond donors (Lipinski definition) is 1. The Balaban J connectivity index is 2.98. The largest absolute Gasteiger partial charge is 0.393 e. The summed E-state index contributed by atoms with van der Waals surface area (Å²) < 4.78 is 0. The highest BCUT2D eigenvalue weighted by Crippen LogP contribution is 2.06. The molecule has 0 heterocycles. The van der Waals surface area contributed by atoms with Crippen molar-refractivity contribution in [3.63, 3.8) is 0 Å². The maximum atomic E-state index is 10.4. The van der Waals surface area contributed by atoms with Gasteiger partial charge >= 0.3 is 0 Å². The maximum Gasteiger partial charge on any atom is 0.185 e. The average Bonchev–Trinajstić information content (AvgIpc) is 1.79. The molecule has 0 saturated heterocycles. The van der Waals surface area contributed by atoms with Gasteiger partial charge in [0.15, 0.2) is 5.12 Å². The van der Waals surface area contributed by atoms with Crippen molar-refractivity contribution < 1.29 is 9.90 Å². The zero-order chi connectivity index (χ0) is 7.98.